The standard InChI is InChI=1S/C12H16N2O/c1-14-11(15)10-4-2-9(3-5-10)8-12(13)6-7-12/h2-5H,6-8,13H2,1H3,(H,14,15). The molecule has 1 aromatic rings. The number of rotatable bonds is 3. The molecule has 15 heavy (non-hydrogen) atoms. The van der Waals surface area contributed by atoms with Crippen molar-refractivity contribution >= 4 is 5.91 Å². The van der Waals surface area contributed by atoms with E-state index in [1.54, 1.807) is 7.05 Å². The van der Waals surface area contributed by atoms with Crippen LogP contribution in [0, 0.1) is 0 Å². The van der Waals surface area contributed by atoms with Crippen LogP contribution < -0.4 is 11.1 Å². The molecular weight excluding hydrogens is 188 g/mol. The number of carbonyl (C=O) groups excluding carboxylic acids is 1. The molecule has 0 spiro atoms. The molecular formula is C12H16N2O. The summed E-state index contributed by atoms with van der Waals surface area (Å²) in [4.78, 5) is 11.3. The number of hydrogen-bond acceptors (Lipinski definition) is 2. The molecule has 1 aliphatic rings. The van der Waals surface area contributed by atoms with Gasteiger partial charge in [-0.1, -0.05) is 12.1 Å². The summed E-state index contributed by atoms with van der Waals surface area (Å²) in [6.45, 7) is 0. The minimum atomic E-state index is -0.0459. The van der Waals surface area contributed by atoms with Gasteiger partial charge in [0.25, 0.3) is 5.91 Å². The van der Waals surface area contributed by atoms with Gasteiger partial charge in [-0.15, -0.1) is 0 Å². The van der Waals surface area contributed by atoms with Gasteiger partial charge in [-0.05, 0) is 37.0 Å². The van der Waals surface area contributed by atoms with Crippen LogP contribution in [0.5, 0.6) is 0 Å². The molecule has 2 rings (SSSR count). The first-order valence-electron chi connectivity index (χ1n) is 5.23. The first-order valence-corrected chi connectivity index (χ1v) is 5.23. The van der Waals surface area contributed by atoms with Crippen LogP contribution in [0.4, 0.5) is 0 Å². The second-order valence-corrected chi connectivity index (χ2v) is 4.32. The lowest BCUT2D eigenvalue weighted by molar-refractivity contribution is 0.0963. The van der Waals surface area contributed by atoms with Crippen molar-refractivity contribution in [2.24, 2.45) is 5.73 Å². The number of nitrogens with two attached hydrogens (primary N) is 1. The zero-order chi connectivity index (χ0) is 10.9. The average Bonchev–Trinajstić information content (AvgIpc) is 2.96. The van der Waals surface area contributed by atoms with Crippen molar-refractivity contribution in [2.75, 3.05) is 7.05 Å². The fraction of sp³-hybridized carbons (Fsp3) is 0.417. The Balaban J connectivity index is 2.06. The van der Waals surface area contributed by atoms with Crippen LogP contribution in [0.2, 0.25) is 0 Å². The Bertz CT molecular complexity index is 366. The zero-order valence-corrected chi connectivity index (χ0v) is 8.92. The summed E-state index contributed by atoms with van der Waals surface area (Å²) in [7, 11) is 1.63. The van der Waals surface area contributed by atoms with Gasteiger partial charge in [0.1, 0.15) is 0 Å². The molecule has 3 nitrogen and oxygen atoms in total. The summed E-state index contributed by atoms with van der Waals surface area (Å²) >= 11 is 0. The Morgan fingerprint density at radius 1 is 1.40 bits per heavy atom. The molecule has 0 atom stereocenters. The van der Waals surface area contributed by atoms with E-state index in [1.807, 2.05) is 24.3 Å². The van der Waals surface area contributed by atoms with E-state index < -0.39 is 0 Å². The Morgan fingerprint density at radius 2 is 2.00 bits per heavy atom. The van der Waals surface area contributed by atoms with Crippen molar-refractivity contribution < 1.29 is 4.79 Å². The predicted molar refractivity (Wildman–Crippen MR) is 59.7 cm³/mol. The molecule has 0 saturated heterocycles. The third-order valence-corrected chi connectivity index (χ3v) is 2.89. The molecule has 0 aromatic heterocycles. The Hall–Kier alpha value is -1.35. The van der Waals surface area contributed by atoms with Crippen molar-refractivity contribution in [3.8, 4) is 0 Å². The zero-order valence-electron chi connectivity index (χ0n) is 8.92. The molecule has 3 heteroatoms. The van der Waals surface area contributed by atoms with Crippen molar-refractivity contribution in [3.05, 3.63) is 35.4 Å². The molecule has 1 aromatic carbocycles. The smallest absolute Gasteiger partial charge is 0.251 e. The van der Waals surface area contributed by atoms with E-state index in [4.69, 9.17) is 5.73 Å². The number of nitrogens with one attached hydrogen (secondary N) is 1. The maximum absolute atomic E-state index is 11.3. The summed E-state index contributed by atoms with van der Waals surface area (Å²) in [5.74, 6) is -0.0459. The molecule has 1 aliphatic carbocycles. The van der Waals surface area contributed by atoms with Crippen LogP contribution in [0.1, 0.15) is 28.8 Å². The Labute approximate surface area is 89.7 Å². The molecule has 1 amide bonds. The lowest BCUT2D eigenvalue weighted by Crippen LogP contribution is -2.24. The molecule has 0 bridgehead atoms. The van der Waals surface area contributed by atoms with E-state index in [0.717, 1.165) is 19.3 Å². The van der Waals surface area contributed by atoms with Crippen LogP contribution in [-0.2, 0) is 6.42 Å². The van der Waals surface area contributed by atoms with Gasteiger partial charge in [0.15, 0.2) is 0 Å². The van der Waals surface area contributed by atoms with Crippen LogP contribution >= 0.6 is 0 Å². The molecule has 0 unspecified atom stereocenters. The quantitative estimate of drug-likeness (QED) is 0.774. The summed E-state index contributed by atoms with van der Waals surface area (Å²) < 4.78 is 0. The van der Waals surface area contributed by atoms with Crippen molar-refractivity contribution in [1.82, 2.24) is 5.32 Å². The highest BCUT2D eigenvalue weighted by molar-refractivity contribution is 5.93. The maximum Gasteiger partial charge on any atom is 0.251 e. The Kier molecular flexibility index (Phi) is 2.49. The van der Waals surface area contributed by atoms with Gasteiger partial charge >= 0.3 is 0 Å². The maximum atomic E-state index is 11.3. The van der Waals surface area contributed by atoms with Gasteiger partial charge in [-0.3, -0.25) is 4.79 Å². The topological polar surface area (TPSA) is 55.1 Å². The number of hydrogen-bond donors (Lipinski definition) is 2. The Morgan fingerprint density at radius 3 is 2.47 bits per heavy atom. The van der Waals surface area contributed by atoms with Crippen LogP contribution in [0.3, 0.4) is 0 Å². The third kappa shape index (κ3) is 2.36. The summed E-state index contributed by atoms with van der Waals surface area (Å²) in [5, 5.41) is 2.60. The monoisotopic (exact) mass is 204 g/mol. The van der Waals surface area contributed by atoms with E-state index in [2.05, 4.69) is 5.32 Å². The van der Waals surface area contributed by atoms with Gasteiger partial charge in [-0.2, -0.15) is 0 Å². The molecule has 80 valence electrons. The minimum Gasteiger partial charge on any atom is -0.355 e. The second-order valence-electron chi connectivity index (χ2n) is 4.32. The van der Waals surface area contributed by atoms with Crippen molar-refractivity contribution in [1.29, 1.82) is 0 Å². The van der Waals surface area contributed by atoms with Gasteiger partial charge < -0.3 is 11.1 Å². The molecule has 0 radical (unpaired) electrons. The summed E-state index contributed by atoms with van der Waals surface area (Å²) in [6.07, 6.45) is 3.15. The van der Waals surface area contributed by atoms with Gasteiger partial charge in [0.05, 0.1) is 0 Å². The van der Waals surface area contributed by atoms with E-state index in [1.165, 1.54) is 5.56 Å². The highest BCUT2D eigenvalue weighted by Gasteiger charge is 2.37. The molecule has 0 heterocycles. The highest BCUT2D eigenvalue weighted by atomic mass is 16.1. The molecule has 0 aliphatic heterocycles. The molecule has 1 saturated carbocycles. The van der Waals surface area contributed by atoms with Crippen molar-refractivity contribution in [2.45, 2.75) is 24.8 Å². The normalized spacial score (nSPS) is 17.2. The first kappa shape index (κ1) is 10.2. The minimum absolute atomic E-state index is 0.0362. The summed E-state index contributed by atoms with van der Waals surface area (Å²) in [6, 6.07) is 7.66. The van der Waals surface area contributed by atoms with Crippen molar-refractivity contribution in [3.63, 3.8) is 0 Å². The fourth-order valence-electron chi connectivity index (χ4n) is 1.66. The van der Waals surface area contributed by atoms with Gasteiger partial charge in [-0.25, -0.2) is 0 Å². The number of amides is 1. The first-order chi connectivity index (χ1) is 7.13. The van der Waals surface area contributed by atoms with Crippen LogP contribution in [-0.4, -0.2) is 18.5 Å². The largest absolute Gasteiger partial charge is 0.355 e. The SMILES string of the molecule is CNC(=O)c1ccc(CC2(N)CC2)cc1. The number of carbonyl (C=O) groups is 1. The second kappa shape index (κ2) is 3.66. The fourth-order valence-corrected chi connectivity index (χ4v) is 1.66. The van der Waals surface area contributed by atoms with E-state index >= 15 is 0 Å². The third-order valence-electron chi connectivity index (χ3n) is 2.89. The van der Waals surface area contributed by atoms with Gasteiger partial charge in [0.2, 0.25) is 0 Å². The average molecular weight is 204 g/mol. The molecule has 1 fully saturated rings. The van der Waals surface area contributed by atoms with E-state index in [0.29, 0.717) is 5.56 Å². The lowest BCUT2D eigenvalue weighted by atomic mass is 10.0. The predicted octanol–water partition coefficient (Wildman–Crippen LogP) is 1.08. The van der Waals surface area contributed by atoms with Crippen LogP contribution in [0.25, 0.3) is 0 Å². The van der Waals surface area contributed by atoms with Crippen LogP contribution in [0.15, 0.2) is 24.3 Å². The summed E-state index contributed by atoms with van der Waals surface area (Å²) in [5.41, 5.74) is 7.97. The lowest BCUT2D eigenvalue weighted by Gasteiger charge is -2.08. The highest BCUT2D eigenvalue weighted by Crippen LogP contribution is 2.35. The molecule has 3 N–H and O–H groups in total. The van der Waals surface area contributed by atoms with E-state index in [9.17, 15) is 4.79 Å². The van der Waals surface area contributed by atoms with E-state index in [-0.39, 0.29) is 11.4 Å². The number of benzene rings is 1. The van der Waals surface area contributed by atoms with Gasteiger partial charge in [0, 0.05) is 18.2 Å².